The number of rotatable bonds is 3. The summed E-state index contributed by atoms with van der Waals surface area (Å²) in [5.74, 6) is 0. The molecule has 0 aliphatic heterocycles. The van der Waals surface area contributed by atoms with E-state index in [4.69, 9.17) is 9.79 Å². The molecular formula is C5H10O3P. The van der Waals surface area contributed by atoms with Gasteiger partial charge < -0.3 is 9.79 Å². The normalized spacial score (nSPS) is 12.8. The Bertz CT molecular complexity index is 135. The van der Waals surface area contributed by atoms with Gasteiger partial charge in [0.2, 0.25) is 0 Å². The Hall–Kier alpha value is -0.110. The maximum Gasteiger partial charge on any atom is 0.325 e. The minimum absolute atomic E-state index is 0.0843. The summed E-state index contributed by atoms with van der Waals surface area (Å²) in [6.45, 7) is 3.37. The fourth-order valence-corrected chi connectivity index (χ4v) is 0.846. The van der Waals surface area contributed by atoms with Gasteiger partial charge in [-0.1, -0.05) is 12.2 Å². The average molecular weight is 149 g/mol. The third kappa shape index (κ3) is 7.89. The summed E-state index contributed by atoms with van der Waals surface area (Å²) in [6, 6.07) is 0. The highest BCUT2D eigenvalue weighted by Gasteiger charge is 2.09. The van der Waals surface area contributed by atoms with Gasteiger partial charge in [0.15, 0.2) is 0 Å². The molecule has 0 fully saturated rings. The molecule has 1 radical (unpaired) electrons. The standard InChI is InChI=1S/C5H10O3P/c1-2-3-4-5-9(6,7)8/h2-3H,1,4-5H2,(H2,6,7,8). The number of allylic oxidation sites excluding steroid dienone is 2. The zero-order valence-electron chi connectivity index (χ0n) is 5.03. The van der Waals surface area contributed by atoms with Crippen LogP contribution in [0.25, 0.3) is 0 Å². The predicted molar refractivity (Wildman–Crippen MR) is 36.0 cm³/mol. The highest BCUT2D eigenvalue weighted by Crippen LogP contribution is 2.34. The molecule has 0 saturated carbocycles. The fourth-order valence-electron chi connectivity index (χ4n) is 0.361. The summed E-state index contributed by atoms with van der Waals surface area (Å²) in [6.07, 6.45) is 3.46. The summed E-state index contributed by atoms with van der Waals surface area (Å²) in [7, 11) is -3.77. The van der Waals surface area contributed by atoms with Gasteiger partial charge in [-0.25, -0.2) is 0 Å². The highest BCUT2D eigenvalue weighted by molar-refractivity contribution is 7.51. The first-order valence-corrected chi connectivity index (χ1v) is 4.35. The SMILES string of the molecule is [CH2]C=CCCP(=O)(O)O. The van der Waals surface area contributed by atoms with Crippen molar-refractivity contribution in [1.29, 1.82) is 0 Å². The van der Waals surface area contributed by atoms with E-state index < -0.39 is 7.60 Å². The third-order valence-corrected chi connectivity index (χ3v) is 1.59. The van der Waals surface area contributed by atoms with Gasteiger partial charge in [-0.2, -0.15) is 0 Å². The molecule has 3 nitrogen and oxygen atoms in total. The first-order valence-electron chi connectivity index (χ1n) is 2.55. The lowest BCUT2D eigenvalue weighted by Crippen LogP contribution is -1.83. The molecule has 4 heteroatoms. The van der Waals surface area contributed by atoms with Crippen LogP contribution in [0.4, 0.5) is 0 Å². The summed E-state index contributed by atoms with van der Waals surface area (Å²) in [5.41, 5.74) is 0. The number of hydrogen-bond acceptors (Lipinski definition) is 1. The largest absolute Gasteiger partial charge is 0.325 e. The first kappa shape index (κ1) is 8.89. The maximum absolute atomic E-state index is 10.1. The topological polar surface area (TPSA) is 57.5 Å². The van der Waals surface area contributed by atoms with Gasteiger partial charge in [0.1, 0.15) is 0 Å². The third-order valence-electron chi connectivity index (χ3n) is 0.754. The van der Waals surface area contributed by atoms with Crippen LogP contribution in [0.15, 0.2) is 12.2 Å². The van der Waals surface area contributed by atoms with Gasteiger partial charge in [0, 0.05) is 0 Å². The number of hydrogen-bond donors (Lipinski definition) is 2. The lowest BCUT2D eigenvalue weighted by molar-refractivity contribution is 0.373. The van der Waals surface area contributed by atoms with Crippen LogP contribution < -0.4 is 0 Å². The van der Waals surface area contributed by atoms with Gasteiger partial charge >= 0.3 is 7.60 Å². The molecule has 9 heavy (non-hydrogen) atoms. The Morgan fingerprint density at radius 3 is 2.44 bits per heavy atom. The van der Waals surface area contributed by atoms with Crippen molar-refractivity contribution in [3.63, 3.8) is 0 Å². The summed E-state index contributed by atoms with van der Waals surface area (Å²) in [5, 5.41) is 0. The van der Waals surface area contributed by atoms with Crippen LogP contribution in [0.3, 0.4) is 0 Å². The van der Waals surface area contributed by atoms with Crippen LogP contribution >= 0.6 is 7.60 Å². The van der Waals surface area contributed by atoms with Crippen LogP contribution in [0.1, 0.15) is 6.42 Å². The van der Waals surface area contributed by atoms with E-state index in [9.17, 15) is 4.57 Å². The van der Waals surface area contributed by atoms with Crippen molar-refractivity contribution < 1.29 is 14.4 Å². The molecule has 0 unspecified atom stereocenters. The molecule has 0 heterocycles. The predicted octanol–water partition coefficient (Wildman–Crippen LogP) is 0.944. The summed E-state index contributed by atoms with van der Waals surface area (Å²) < 4.78 is 10.1. The molecule has 0 amide bonds. The van der Waals surface area contributed by atoms with Crippen LogP contribution in [0, 0.1) is 6.92 Å². The zero-order valence-corrected chi connectivity index (χ0v) is 5.92. The summed E-state index contributed by atoms with van der Waals surface area (Å²) >= 11 is 0. The molecule has 0 spiro atoms. The van der Waals surface area contributed by atoms with Crippen LogP contribution in [-0.4, -0.2) is 15.9 Å². The summed E-state index contributed by atoms with van der Waals surface area (Å²) in [4.78, 5) is 16.6. The Balaban J connectivity index is 3.40. The maximum atomic E-state index is 10.1. The van der Waals surface area contributed by atoms with E-state index in [1.165, 1.54) is 6.08 Å². The minimum Gasteiger partial charge on any atom is -0.324 e. The van der Waals surface area contributed by atoms with E-state index in [1.54, 1.807) is 6.08 Å². The van der Waals surface area contributed by atoms with Crippen molar-refractivity contribution in [1.82, 2.24) is 0 Å². The van der Waals surface area contributed by atoms with E-state index in [-0.39, 0.29) is 6.16 Å². The molecular weight excluding hydrogens is 139 g/mol. The average Bonchev–Trinajstić information content (AvgIpc) is 1.63. The molecule has 0 aromatic heterocycles. The molecule has 0 aliphatic carbocycles. The lowest BCUT2D eigenvalue weighted by Gasteiger charge is -1.97. The van der Waals surface area contributed by atoms with E-state index in [1.807, 2.05) is 0 Å². The minimum atomic E-state index is -3.77. The van der Waals surface area contributed by atoms with Crippen LogP contribution in [0.2, 0.25) is 0 Å². The lowest BCUT2D eigenvalue weighted by atomic mass is 10.4. The van der Waals surface area contributed by atoms with Gasteiger partial charge in [0.25, 0.3) is 0 Å². The first-order chi connectivity index (χ1) is 4.06. The Morgan fingerprint density at radius 1 is 1.56 bits per heavy atom. The Labute approximate surface area is 54.6 Å². The van der Waals surface area contributed by atoms with Gasteiger partial charge in [-0.05, 0) is 13.3 Å². The zero-order chi connectivity index (χ0) is 7.33. The van der Waals surface area contributed by atoms with Gasteiger partial charge in [-0.3, -0.25) is 4.57 Å². The molecule has 53 valence electrons. The van der Waals surface area contributed by atoms with Gasteiger partial charge in [-0.15, -0.1) is 0 Å². The van der Waals surface area contributed by atoms with Crippen molar-refractivity contribution >= 4 is 7.60 Å². The van der Waals surface area contributed by atoms with Crippen LogP contribution in [-0.2, 0) is 4.57 Å². The molecule has 0 saturated heterocycles. The molecule has 0 aliphatic rings. The quantitative estimate of drug-likeness (QED) is 0.587. The van der Waals surface area contributed by atoms with Crippen molar-refractivity contribution in [3.8, 4) is 0 Å². The molecule has 0 rings (SSSR count). The van der Waals surface area contributed by atoms with Crippen molar-refractivity contribution in [2.45, 2.75) is 6.42 Å². The van der Waals surface area contributed by atoms with Crippen molar-refractivity contribution in [2.24, 2.45) is 0 Å². The van der Waals surface area contributed by atoms with Crippen LogP contribution in [0.5, 0.6) is 0 Å². The monoisotopic (exact) mass is 149 g/mol. The highest BCUT2D eigenvalue weighted by atomic mass is 31.2. The second-order valence-corrected chi connectivity index (χ2v) is 3.42. The molecule has 0 aromatic rings. The molecule has 0 aromatic carbocycles. The fraction of sp³-hybridized carbons (Fsp3) is 0.400. The molecule has 0 atom stereocenters. The van der Waals surface area contributed by atoms with Crippen molar-refractivity contribution in [3.05, 3.63) is 19.1 Å². The Kier molecular flexibility index (Phi) is 3.78. The molecule has 0 bridgehead atoms. The van der Waals surface area contributed by atoms with E-state index in [0.29, 0.717) is 6.42 Å². The van der Waals surface area contributed by atoms with E-state index >= 15 is 0 Å². The second-order valence-electron chi connectivity index (χ2n) is 1.65. The smallest absolute Gasteiger partial charge is 0.324 e. The van der Waals surface area contributed by atoms with Gasteiger partial charge in [0.05, 0.1) is 6.16 Å². The Morgan fingerprint density at radius 2 is 2.11 bits per heavy atom. The van der Waals surface area contributed by atoms with E-state index in [2.05, 4.69) is 6.92 Å². The second kappa shape index (κ2) is 3.83. The van der Waals surface area contributed by atoms with E-state index in [0.717, 1.165) is 0 Å². The molecule has 2 N–H and O–H groups in total. The van der Waals surface area contributed by atoms with Crippen molar-refractivity contribution in [2.75, 3.05) is 6.16 Å².